The van der Waals surface area contributed by atoms with E-state index in [4.69, 9.17) is 4.84 Å². The maximum absolute atomic E-state index is 12.5. The molecule has 5 heteroatoms. The quantitative estimate of drug-likeness (QED) is 0.791. The molecule has 1 aliphatic rings. The van der Waals surface area contributed by atoms with Crippen LogP contribution in [-0.4, -0.2) is 41.7 Å². The average Bonchev–Trinajstić information content (AvgIpc) is 2.54. The number of nitrogens with zero attached hydrogens (tertiary/aromatic N) is 1. The summed E-state index contributed by atoms with van der Waals surface area (Å²) >= 11 is 0. The molecule has 0 bridgehead atoms. The number of amides is 1. The number of rotatable bonds is 6. The van der Waals surface area contributed by atoms with E-state index in [1.807, 2.05) is 17.0 Å². The van der Waals surface area contributed by atoms with Gasteiger partial charge in [-0.2, -0.15) is 0 Å². The van der Waals surface area contributed by atoms with Gasteiger partial charge in [-0.05, 0) is 55.9 Å². The summed E-state index contributed by atoms with van der Waals surface area (Å²) in [5, 5.41) is 10.6. The van der Waals surface area contributed by atoms with Crippen LogP contribution in [-0.2, 0) is 4.84 Å². The molecule has 0 spiro atoms. The topological polar surface area (TPSA) is 61.8 Å². The Bertz CT molecular complexity index is 506. The molecule has 0 saturated carbocycles. The van der Waals surface area contributed by atoms with Crippen molar-refractivity contribution in [3.05, 3.63) is 29.8 Å². The van der Waals surface area contributed by atoms with Crippen LogP contribution in [0.2, 0.25) is 0 Å². The van der Waals surface area contributed by atoms with Crippen molar-refractivity contribution < 1.29 is 14.7 Å². The van der Waals surface area contributed by atoms with E-state index in [0.29, 0.717) is 37.4 Å². The minimum Gasteiger partial charge on any atom is -0.390 e. The Kier molecular flexibility index (Phi) is 6.02. The van der Waals surface area contributed by atoms with Crippen molar-refractivity contribution in [1.82, 2.24) is 4.90 Å². The van der Waals surface area contributed by atoms with Gasteiger partial charge in [-0.1, -0.05) is 13.8 Å². The Hall–Kier alpha value is -1.59. The highest BCUT2D eigenvalue weighted by molar-refractivity contribution is 5.94. The molecule has 0 atom stereocenters. The first kappa shape index (κ1) is 17.8. The van der Waals surface area contributed by atoms with Gasteiger partial charge in [0.15, 0.2) is 0 Å². The van der Waals surface area contributed by atoms with Gasteiger partial charge in [0.1, 0.15) is 0 Å². The summed E-state index contributed by atoms with van der Waals surface area (Å²) in [4.78, 5) is 19.2. The summed E-state index contributed by atoms with van der Waals surface area (Å²) in [7, 11) is 1.55. The summed E-state index contributed by atoms with van der Waals surface area (Å²) in [6.07, 6.45) is 3.17. The van der Waals surface area contributed by atoms with Crippen molar-refractivity contribution in [2.24, 2.45) is 5.92 Å². The first-order chi connectivity index (χ1) is 10.9. The number of nitrogens with one attached hydrogen (secondary N) is 1. The van der Waals surface area contributed by atoms with Gasteiger partial charge in [0.25, 0.3) is 5.91 Å². The molecule has 1 aliphatic heterocycles. The molecule has 128 valence electrons. The monoisotopic (exact) mass is 320 g/mol. The molecule has 1 fully saturated rings. The highest BCUT2D eigenvalue weighted by Crippen LogP contribution is 2.29. The molecule has 0 aromatic heterocycles. The summed E-state index contributed by atoms with van der Waals surface area (Å²) in [6, 6.07) is 7.23. The van der Waals surface area contributed by atoms with Crippen molar-refractivity contribution in [3.63, 3.8) is 0 Å². The number of piperidine rings is 1. The molecule has 0 unspecified atom stereocenters. The lowest BCUT2D eigenvalue weighted by Gasteiger charge is -2.38. The van der Waals surface area contributed by atoms with Crippen LogP contribution < -0.4 is 5.48 Å². The number of anilines is 1. The summed E-state index contributed by atoms with van der Waals surface area (Å²) in [5.74, 6) is 0.623. The van der Waals surface area contributed by atoms with Gasteiger partial charge in [0.2, 0.25) is 0 Å². The smallest absolute Gasteiger partial charge is 0.253 e. The van der Waals surface area contributed by atoms with Gasteiger partial charge >= 0.3 is 0 Å². The third-order valence-electron chi connectivity index (χ3n) is 4.52. The number of carbonyl (C=O) groups is 1. The van der Waals surface area contributed by atoms with Gasteiger partial charge in [0.05, 0.1) is 18.4 Å². The second-order valence-corrected chi connectivity index (χ2v) is 6.83. The number of carbonyl (C=O) groups excluding carboxylic acids is 1. The van der Waals surface area contributed by atoms with Gasteiger partial charge < -0.3 is 10.0 Å². The molecule has 2 rings (SSSR count). The number of likely N-dealkylation sites (tertiary alicyclic amines) is 1. The second-order valence-electron chi connectivity index (χ2n) is 6.83. The van der Waals surface area contributed by atoms with E-state index in [-0.39, 0.29) is 5.91 Å². The Labute approximate surface area is 138 Å². The van der Waals surface area contributed by atoms with Crippen LogP contribution in [0.3, 0.4) is 0 Å². The van der Waals surface area contributed by atoms with Crippen molar-refractivity contribution in [3.8, 4) is 0 Å². The van der Waals surface area contributed by atoms with E-state index in [9.17, 15) is 9.90 Å². The number of benzene rings is 1. The molecular formula is C18H28N2O3. The van der Waals surface area contributed by atoms with Gasteiger partial charge in [-0.25, -0.2) is 0 Å². The van der Waals surface area contributed by atoms with E-state index in [0.717, 1.165) is 18.5 Å². The summed E-state index contributed by atoms with van der Waals surface area (Å²) < 4.78 is 0. The van der Waals surface area contributed by atoms with Gasteiger partial charge in [0, 0.05) is 18.7 Å². The average molecular weight is 320 g/mol. The molecule has 0 aliphatic carbocycles. The van der Waals surface area contributed by atoms with E-state index in [1.54, 1.807) is 19.2 Å². The minimum atomic E-state index is -0.604. The van der Waals surface area contributed by atoms with Gasteiger partial charge in [-0.3, -0.25) is 15.1 Å². The number of aliphatic hydroxyl groups is 1. The molecule has 1 aromatic carbocycles. The lowest BCUT2D eigenvalue weighted by Crippen LogP contribution is -2.46. The summed E-state index contributed by atoms with van der Waals surface area (Å²) in [5.41, 5.74) is 3.60. The first-order valence-corrected chi connectivity index (χ1v) is 8.34. The van der Waals surface area contributed by atoms with Crippen LogP contribution in [0.25, 0.3) is 0 Å². The van der Waals surface area contributed by atoms with Crippen molar-refractivity contribution in [2.75, 3.05) is 25.7 Å². The lowest BCUT2D eigenvalue weighted by molar-refractivity contribution is -0.0262. The molecule has 0 radical (unpaired) electrons. The maximum Gasteiger partial charge on any atom is 0.253 e. The van der Waals surface area contributed by atoms with Gasteiger partial charge in [-0.15, -0.1) is 0 Å². The fourth-order valence-corrected chi connectivity index (χ4v) is 2.91. The predicted octanol–water partition coefficient (Wildman–Crippen LogP) is 3.06. The van der Waals surface area contributed by atoms with Crippen molar-refractivity contribution >= 4 is 11.6 Å². The lowest BCUT2D eigenvalue weighted by atomic mass is 9.85. The number of hydrogen-bond acceptors (Lipinski definition) is 4. The van der Waals surface area contributed by atoms with Crippen LogP contribution in [0.15, 0.2) is 24.3 Å². The van der Waals surface area contributed by atoms with Crippen molar-refractivity contribution in [1.29, 1.82) is 0 Å². The Morgan fingerprint density at radius 1 is 1.30 bits per heavy atom. The molecule has 1 aromatic rings. The zero-order valence-electron chi connectivity index (χ0n) is 14.3. The SMILES string of the molecule is CONc1ccc(C(=O)N2CCC(O)(CCC(C)C)CC2)cc1. The Balaban J connectivity index is 1.90. The molecule has 23 heavy (non-hydrogen) atoms. The van der Waals surface area contributed by atoms with Crippen LogP contribution >= 0.6 is 0 Å². The molecule has 1 amide bonds. The van der Waals surface area contributed by atoms with Crippen LogP contribution in [0.1, 0.15) is 49.9 Å². The fraction of sp³-hybridized carbons (Fsp3) is 0.611. The van der Waals surface area contributed by atoms with E-state index < -0.39 is 5.60 Å². The molecule has 1 saturated heterocycles. The number of hydrogen-bond donors (Lipinski definition) is 2. The van der Waals surface area contributed by atoms with Crippen molar-refractivity contribution in [2.45, 2.75) is 45.1 Å². The predicted molar refractivity (Wildman–Crippen MR) is 91.2 cm³/mol. The molecular weight excluding hydrogens is 292 g/mol. The molecule has 1 heterocycles. The zero-order chi connectivity index (χ0) is 16.9. The summed E-state index contributed by atoms with van der Waals surface area (Å²) in [6.45, 7) is 5.57. The Morgan fingerprint density at radius 3 is 2.43 bits per heavy atom. The Morgan fingerprint density at radius 2 is 1.91 bits per heavy atom. The van der Waals surface area contributed by atoms with Crippen LogP contribution in [0.4, 0.5) is 5.69 Å². The van der Waals surface area contributed by atoms with E-state index >= 15 is 0 Å². The van der Waals surface area contributed by atoms with E-state index in [1.165, 1.54) is 0 Å². The third-order valence-corrected chi connectivity index (χ3v) is 4.52. The largest absolute Gasteiger partial charge is 0.390 e. The highest BCUT2D eigenvalue weighted by Gasteiger charge is 2.33. The second kappa shape index (κ2) is 7.79. The first-order valence-electron chi connectivity index (χ1n) is 8.34. The standard InChI is InChI=1S/C18H28N2O3/c1-14(2)8-9-18(22)10-12-20(13-11-18)17(21)15-4-6-16(7-5-15)19-23-3/h4-7,14,19,22H,8-13H2,1-3H3. The highest BCUT2D eigenvalue weighted by atomic mass is 16.6. The van der Waals surface area contributed by atoms with E-state index in [2.05, 4.69) is 19.3 Å². The molecule has 2 N–H and O–H groups in total. The van der Waals surface area contributed by atoms with Crippen LogP contribution in [0.5, 0.6) is 0 Å². The minimum absolute atomic E-state index is 0.0277. The normalized spacial score (nSPS) is 17.3. The zero-order valence-corrected chi connectivity index (χ0v) is 14.3. The third kappa shape index (κ3) is 4.94. The van der Waals surface area contributed by atoms with Crippen LogP contribution in [0, 0.1) is 5.92 Å². The maximum atomic E-state index is 12.5. The molecule has 5 nitrogen and oxygen atoms in total. The fourth-order valence-electron chi connectivity index (χ4n) is 2.91.